The molecule has 0 atom stereocenters. The quantitative estimate of drug-likeness (QED) is 0.115. The predicted molar refractivity (Wildman–Crippen MR) is 194 cm³/mol. The number of hydrogen-bond acceptors (Lipinski definition) is 8. The van der Waals surface area contributed by atoms with Crippen LogP contribution >= 0.6 is 0 Å². The summed E-state index contributed by atoms with van der Waals surface area (Å²) >= 11 is 0. The summed E-state index contributed by atoms with van der Waals surface area (Å²) in [6.45, 7) is 48.5. The van der Waals surface area contributed by atoms with Crippen molar-refractivity contribution in [3.8, 4) is 0 Å². The minimum absolute atomic E-state index is 1.33. The lowest BCUT2D eigenvalue weighted by atomic mass is 11.8. The molecule has 0 bridgehead atoms. The van der Waals surface area contributed by atoms with Gasteiger partial charge in [0.2, 0.25) is 0 Å². The van der Waals surface area contributed by atoms with Gasteiger partial charge in [-0.2, -0.15) is 0 Å². The van der Waals surface area contributed by atoms with Crippen molar-refractivity contribution in [1.29, 1.82) is 0 Å². The average molecular weight is 674 g/mol. The van der Waals surface area contributed by atoms with E-state index >= 15 is 0 Å². The van der Waals surface area contributed by atoms with E-state index in [-0.39, 0.29) is 0 Å². The van der Waals surface area contributed by atoms with Crippen molar-refractivity contribution in [3.63, 3.8) is 0 Å². The van der Waals surface area contributed by atoms with Gasteiger partial charge in [0.05, 0.1) is 0 Å². The van der Waals surface area contributed by atoms with Crippen molar-refractivity contribution in [2.75, 3.05) is 0 Å². The maximum atomic E-state index is 4.19. The van der Waals surface area contributed by atoms with Gasteiger partial charge in [-0.15, -0.1) is 0 Å². The average Bonchev–Trinajstić information content (AvgIpc) is 2.29. The van der Waals surface area contributed by atoms with Crippen molar-refractivity contribution < 1.29 is 0 Å². The maximum Gasteiger partial charge on any atom is 0.183 e. The first-order valence-corrected chi connectivity index (χ1v) is 42.0. The van der Waals surface area contributed by atoms with E-state index in [0.29, 0.717) is 0 Å². The van der Waals surface area contributed by atoms with Gasteiger partial charge in [0, 0.05) is 0 Å². The molecule has 0 aliphatic carbocycles. The van der Waals surface area contributed by atoms with Crippen LogP contribution in [0.4, 0.5) is 0 Å². The monoisotopic (exact) mass is 672 g/mol. The molecule has 224 valence electrons. The molecule has 0 heterocycles. The fraction of sp³-hybridized carbons (Fsp3) is 1.00. The highest BCUT2D eigenvalue weighted by Crippen LogP contribution is 2.12. The molecule has 0 rings (SSSR count). The minimum atomic E-state index is -1.87. The zero-order chi connectivity index (χ0) is 30.2. The second-order valence-electron chi connectivity index (χ2n) is 16.9. The SMILES string of the molecule is C[Si](C)(C)N[Si](C)(C)N[Si](C)(C)N[Si](C)(C)N[Si](C)(C)N[Si](C)(C)N[Si](C)(C)N[Si](C)(C)N[Si](C)(C)C. The van der Waals surface area contributed by atoms with Gasteiger partial charge in [0.15, 0.2) is 58.8 Å². The van der Waals surface area contributed by atoms with Crippen molar-refractivity contribution in [2.45, 2.75) is 131 Å². The first-order chi connectivity index (χ1) is 15.7. The van der Waals surface area contributed by atoms with Crippen molar-refractivity contribution in [2.24, 2.45) is 0 Å². The Morgan fingerprint density at radius 1 is 0.189 bits per heavy atom. The van der Waals surface area contributed by atoms with Crippen LogP contribution in [0.15, 0.2) is 0 Å². The molecule has 17 heteroatoms. The molecule has 0 saturated carbocycles. The first kappa shape index (κ1) is 38.6. The molecule has 0 aromatic heterocycles. The summed E-state index contributed by atoms with van der Waals surface area (Å²) in [5.41, 5.74) is 0. The van der Waals surface area contributed by atoms with Gasteiger partial charge in [-0.3, -0.25) is 0 Å². The van der Waals surface area contributed by atoms with Crippen molar-refractivity contribution in [1.82, 2.24) is 37.2 Å². The zero-order valence-electron chi connectivity index (χ0n) is 28.5. The molecule has 8 nitrogen and oxygen atoms in total. The largest absolute Gasteiger partial charge is 0.348 e. The smallest absolute Gasteiger partial charge is 0.183 e. The lowest BCUT2D eigenvalue weighted by Crippen LogP contribution is -2.85. The Hall–Kier alpha value is 1.63. The third kappa shape index (κ3) is 19.4. The molecule has 0 radical (unpaired) electrons. The van der Waals surface area contributed by atoms with Crippen LogP contribution in [0.5, 0.6) is 0 Å². The predicted octanol–water partition coefficient (Wildman–Crippen LogP) is 4.29. The van der Waals surface area contributed by atoms with Gasteiger partial charge in [0.25, 0.3) is 0 Å². The molecule has 0 amide bonds. The molecule has 0 fully saturated rings. The second kappa shape index (κ2) is 12.5. The Kier molecular flexibility index (Phi) is 13.0. The fourth-order valence-electron chi connectivity index (χ4n) is 6.78. The summed E-state index contributed by atoms with van der Waals surface area (Å²) in [4.78, 5) is 0. The number of rotatable bonds is 16. The van der Waals surface area contributed by atoms with Crippen LogP contribution in [0.1, 0.15) is 0 Å². The van der Waals surface area contributed by atoms with Gasteiger partial charge in [-0.05, 0) is 91.7 Å². The van der Waals surface area contributed by atoms with Crippen molar-refractivity contribution in [3.05, 3.63) is 0 Å². The van der Waals surface area contributed by atoms with Gasteiger partial charge < -0.3 is 37.2 Å². The van der Waals surface area contributed by atoms with Crippen LogP contribution < -0.4 is 37.2 Å². The molecule has 8 N–H and O–H groups in total. The topological polar surface area (TPSA) is 96.2 Å². The van der Waals surface area contributed by atoms with E-state index in [2.05, 4.69) is 168 Å². The lowest BCUT2D eigenvalue weighted by Gasteiger charge is -2.47. The summed E-state index contributed by atoms with van der Waals surface area (Å²) in [5, 5.41) is 0. The van der Waals surface area contributed by atoms with Crippen LogP contribution in [0, 0.1) is 0 Å². The van der Waals surface area contributed by atoms with E-state index in [1.807, 2.05) is 0 Å². The Labute approximate surface area is 242 Å². The third-order valence-corrected chi connectivity index (χ3v) is 46.1. The first-order valence-electron chi connectivity index (χ1n) is 14.0. The Balaban J connectivity index is 5.36. The molecule has 0 aliphatic rings. The minimum Gasteiger partial charge on any atom is -0.348 e. The van der Waals surface area contributed by atoms with Gasteiger partial charge >= 0.3 is 0 Å². The number of nitrogens with one attached hydrogen (secondary N) is 8. The third-order valence-electron chi connectivity index (χ3n) is 5.12. The normalized spacial score (nSPS) is 15.9. The molecule has 0 unspecified atom stereocenters. The molecule has 0 spiro atoms. The standard InChI is InChI=1S/C20H68N8Si9/c1-29(2,3)21-31(7,8)23-33(11,12)25-35(15,16)27-37(19,20)28-36(17,18)26-34(13,14)24-32(9,10)22-30(4,5)6/h21-28H,1-20H3. The molecular formula is C20H68N8Si9. The molecular weight excluding hydrogens is 605 g/mol. The van der Waals surface area contributed by atoms with Crippen molar-refractivity contribution >= 4 is 75.3 Å². The number of hydrogen-bond donors (Lipinski definition) is 8. The van der Waals surface area contributed by atoms with E-state index in [1.54, 1.807) is 0 Å². The van der Waals surface area contributed by atoms with E-state index in [4.69, 9.17) is 0 Å². The van der Waals surface area contributed by atoms with Crippen LogP contribution in [-0.2, 0) is 0 Å². The summed E-state index contributed by atoms with van der Waals surface area (Å²) < 4.78 is 33.0. The van der Waals surface area contributed by atoms with Crippen LogP contribution in [-0.4, -0.2) is 75.3 Å². The zero-order valence-corrected chi connectivity index (χ0v) is 37.5. The molecule has 0 aliphatic heterocycles. The highest BCUT2D eigenvalue weighted by atomic mass is 28.5. The van der Waals surface area contributed by atoms with E-state index in [9.17, 15) is 0 Å². The lowest BCUT2D eigenvalue weighted by molar-refractivity contribution is 1.06. The van der Waals surface area contributed by atoms with E-state index < -0.39 is 75.3 Å². The van der Waals surface area contributed by atoms with E-state index in [0.717, 1.165) is 0 Å². The van der Waals surface area contributed by atoms with Crippen LogP contribution in [0.2, 0.25) is 131 Å². The summed E-state index contributed by atoms with van der Waals surface area (Å²) in [6, 6.07) is 0. The van der Waals surface area contributed by atoms with E-state index in [1.165, 1.54) is 0 Å². The van der Waals surface area contributed by atoms with Gasteiger partial charge in [-0.1, -0.05) is 39.3 Å². The molecule has 0 aromatic rings. The summed E-state index contributed by atoms with van der Waals surface area (Å²) in [6.07, 6.45) is 0. The maximum absolute atomic E-state index is 4.19. The van der Waals surface area contributed by atoms with Crippen LogP contribution in [0.3, 0.4) is 0 Å². The van der Waals surface area contributed by atoms with Crippen LogP contribution in [0.25, 0.3) is 0 Å². The highest BCUT2D eigenvalue weighted by molar-refractivity contribution is 7.04. The second-order valence-corrected chi connectivity index (χ2v) is 56.6. The Bertz CT molecular complexity index is 685. The fourth-order valence-corrected chi connectivity index (χ4v) is 65.0. The molecule has 0 aromatic carbocycles. The summed E-state index contributed by atoms with van der Waals surface area (Å²) in [5.74, 6) is 0. The Morgan fingerprint density at radius 2 is 0.297 bits per heavy atom. The van der Waals surface area contributed by atoms with Gasteiger partial charge in [-0.25, -0.2) is 0 Å². The summed E-state index contributed by atoms with van der Waals surface area (Å²) in [7, 11) is -15.2. The highest BCUT2D eigenvalue weighted by Gasteiger charge is 2.44. The Morgan fingerprint density at radius 3 is 0.405 bits per heavy atom. The molecule has 37 heavy (non-hydrogen) atoms. The van der Waals surface area contributed by atoms with Gasteiger partial charge in [0.1, 0.15) is 16.5 Å². The molecule has 0 saturated heterocycles.